The van der Waals surface area contributed by atoms with Crippen molar-refractivity contribution < 1.29 is 19.2 Å². The predicted molar refractivity (Wildman–Crippen MR) is 67.2 cm³/mol. The Morgan fingerprint density at radius 1 is 1.16 bits per heavy atom. The first-order chi connectivity index (χ1) is 8.97. The summed E-state index contributed by atoms with van der Waals surface area (Å²) in [6, 6.07) is 0. The van der Waals surface area contributed by atoms with Gasteiger partial charge in [-0.3, -0.25) is 24.5 Å². The molecule has 19 heavy (non-hydrogen) atoms. The van der Waals surface area contributed by atoms with E-state index in [-0.39, 0.29) is 54.1 Å². The summed E-state index contributed by atoms with van der Waals surface area (Å²) in [4.78, 5) is 46.2. The molecule has 0 unspecified atom stereocenters. The maximum Gasteiger partial charge on any atom is 0.226 e. The van der Waals surface area contributed by atoms with E-state index in [1.54, 1.807) is 0 Å². The minimum Gasteiger partial charge on any atom is -0.296 e. The molecule has 1 fully saturated rings. The SMILES string of the molecule is O=C1CC(CC(=O)C2=C(Cl)CCCC2=O)CC(=O)N1. The van der Waals surface area contributed by atoms with E-state index in [0.29, 0.717) is 24.3 Å². The molecule has 1 heterocycles. The molecule has 5 nitrogen and oxygen atoms in total. The maximum absolute atomic E-state index is 12.1. The number of Topliss-reactive ketones (excluding diaryl/α,β-unsaturated/α-hetero) is 2. The first-order valence-corrected chi connectivity index (χ1v) is 6.63. The zero-order chi connectivity index (χ0) is 14.0. The fraction of sp³-hybridized carbons (Fsp3) is 0.538. The van der Waals surface area contributed by atoms with Gasteiger partial charge < -0.3 is 0 Å². The van der Waals surface area contributed by atoms with E-state index >= 15 is 0 Å². The Kier molecular flexibility index (Phi) is 4.14. The average molecular weight is 284 g/mol. The van der Waals surface area contributed by atoms with Gasteiger partial charge in [0, 0.05) is 30.7 Å². The molecule has 1 N–H and O–H groups in total. The van der Waals surface area contributed by atoms with Gasteiger partial charge in [-0.2, -0.15) is 0 Å². The van der Waals surface area contributed by atoms with Crippen LogP contribution in [0.25, 0.3) is 0 Å². The Morgan fingerprint density at radius 2 is 1.79 bits per heavy atom. The number of carbonyl (C=O) groups excluding carboxylic acids is 4. The third-order valence-corrected chi connectivity index (χ3v) is 3.71. The van der Waals surface area contributed by atoms with Gasteiger partial charge in [-0.1, -0.05) is 11.6 Å². The fourth-order valence-corrected chi connectivity index (χ4v) is 2.82. The van der Waals surface area contributed by atoms with Crippen molar-refractivity contribution in [3.05, 3.63) is 10.6 Å². The van der Waals surface area contributed by atoms with Crippen LogP contribution in [0.1, 0.15) is 38.5 Å². The van der Waals surface area contributed by atoms with Crippen LogP contribution in [0.5, 0.6) is 0 Å². The van der Waals surface area contributed by atoms with E-state index in [1.807, 2.05) is 0 Å². The van der Waals surface area contributed by atoms with Crippen LogP contribution in [0, 0.1) is 5.92 Å². The molecule has 0 spiro atoms. The minimum atomic E-state index is -0.371. The number of nitrogens with one attached hydrogen (secondary N) is 1. The lowest BCUT2D eigenvalue weighted by Crippen LogP contribution is -2.39. The topological polar surface area (TPSA) is 80.3 Å². The molecule has 6 heteroatoms. The van der Waals surface area contributed by atoms with Gasteiger partial charge >= 0.3 is 0 Å². The number of carbonyl (C=O) groups is 4. The van der Waals surface area contributed by atoms with Gasteiger partial charge in [0.15, 0.2) is 11.6 Å². The van der Waals surface area contributed by atoms with Crippen molar-refractivity contribution in [3.63, 3.8) is 0 Å². The minimum absolute atomic E-state index is 0.0243. The summed E-state index contributed by atoms with van der Waals surface area (Å²) < 4.78 is 0. The molecule has 1 aliphatic carbocycles. The van der Waals surface area contributed by atoms with Crippen LogP contribution in [-0.4, -0.2) is 23.4 Å². The van der Waals surface area contributed by atoms with Gasteiger partial charge in [0.2, 0.25) is 11.8 Å². The molecule has 0 aromatic heterocycles. The van der Waals surface area contributed by atoms with Crippen molar-refractivity contribution in [2.45, 2.75) is 38.5 Å². The normalized spacial score (nSPS) is 21.6. The van der Waals surface area contributed by atoms with E-state index in [4.69, 9.17) is 11.6 Å². The lowest BCUT2D eigenvalue weighted by Gasteiger charge is -2.21. The summed E-state index contributed by atoms with van der Waals surface area (Å²) >= 11 is 5.94. The second kappa shape index (κ2) is 5.65. The third-order valence-electron chi connectivity index (χ3n) is 3.33. The van der Waals surface area contributed by atoms with Gasteiger partial charge in [0.1, 0.15) is 0 Å². The summed E-state index contributed by atoms with van der Waals surface area (Å²) in [5.41, 5.74) is 0.0753. The largest absolute Gasteiger partial charge is 0.296 e. The molecule has 2 rings (SSSR count). The number of hydrogen-bond donors (Lipinski definition) is 1. The van der Waals surface area contributed by atoms with E-state index < -0.39 is 0 Å². The summed E-state index contributed by atoms with van der Waals surface area (Å²) in [7, 11) is 0. The number of halogens is 1. The first kappa shape index (κ1) is 13.9. The van der Waals surface area contributed by atoms with Gasteiger partial charge in [0.25, 0.3) is 0 Å². The van der Waals surface area contributed by atoms with Crippen LogP contribution in [0.4, 0.5) is 0 Å². The second-order valence-corrected chi connectivity index (χ2v) is 5.39. The van der Waals surface area contributed by atoms with E-state index in [2.05, 4.69) is 5.32 Å². The molecule has 0 bridgehead atoms. The fourth-order valence-electron chi connectivity index (χ4n) is 2.47. The Labute approximate surface area is 115 Å². The van der Waals surface area contributed by atoms with Crippen LogP contribution < -0.4 is 5.32 Å². The number of piperidine rings is 1. The number of allylic oxidation sites excluding steroid dienone is 2. The highest BCUT2D eigenvalue weighted by molar-refractivity contribution is 6.37. The molecule has 0 aromatic rings. The Bertz CT molecular complexity index is 479. The van der Waals surface area contributed by atoms with Crippen LogP contribution in [-0.2, 0) is 19.2 Å². The lowest BCUT2D eigenvalue weighted by atomic mass is 9.86. The van der Waals surface area contributed by atoms with Crippen LogP contribution in [0.15, 0.2) is 10.6 Å². The van der Waals surface area contributed by atoms with Gasteiger partial charge in [-0.05, 0) is 18.8 Å². The number of amides is 2. The zero-order valence-electron chi connectivity index (χ0n) is 10.3. The van der Waals surface area contributed by atoms with Crippen molar-refractivity contribution >= 4 is 35.0 Å². The second-order valence-electron chi connectivity index (χ2n) is 4.93. The molecule has 102 valence electrons. The average Bonchev–Trinajstić information content (AvgIpc) is 2.26. The molecular weight excluding hydrogens is 270 g/mol. The monoisotopic (exact) mass is 283 g/mol. The van der Waals surface area contributed by atoms with Crippen LogP contribution >= 0.6 is 11.6 Å². The summed E-state index contributed by atoms with van der Waals surface area (Å²) in [6.07, 6.45) is 1.84. The molecule has 2 amide bonds. The van der Waals surface area contributed by atoms with Crippen molar-refractivity contribution in [2.75, 3.05) is 0 Å². The summed E-state index contributed by atoms with van der Waals surface area (Å²) in [5.74, 6) is -1.65. The quantitative estimate of drug-likeness (QED) is 0.624. The molecule has 0 saturated carbocycles. The van der Waals surface area contributed by atoms with Gasteiger partial charge in [-0.15, -0.1) is 0 Å². The molecule has 1 saturated heterocycles. The van der Waals surface area contributed by atoms with Crippen molar-refractivity contribution in [1.29, 1.82) is 0 Å². The van der Waals surface area contributed by atoms with Crippen LogP contribution in [0.2, 0.25) is 0 Å². The van der Waals surface area contributed by atoms with Crippen LogP contribution in [0.3, 0.4) is 0 Å². The van der Waals surface area contributed by atoms with Gasteiger partial charge in [0.05, 0.1) is 5.57 Å². The predicted octanol–water partition coefficient (Wildman–Crippen LogP) is 1.24. The molecule has 0 atom stereocenters. The first-order valence-electron chi connectivity index (χ1n) is 6.25. The number of ketones is 2. The van der Waals surface area contributed by atoms with E-state index in [9.17, 15) is 19.2 Å². The van der Waals surface area contributed by atoms with Gasteiger partial charge in [-0.25, -0.2) is 0 Å². The Balaban J connectivity index is 2.06. The molecular formula is C13H14ClNO4. The van der Waals surface area contributed by atoms with E-state index in [0.717, 1.165) is 0 Å². The van der Waals surface area contributed by atoms with Crippen molar-refractivity contribution in [2.24, 2.45) is 5.92 Å². The van der Waals surface area contributed by atoms with E-state index in [1.165, 1.54) is 0 Å². The lowest BCUT2D eigenvalue weighted by molar-refractivity contribution is -0.135. The molecule has 2 aliphatic rings. The highest BCUT2D eigenvalue weighted by atomic mass is 35.5. The highest BCUT2D eigenvalue weighted by Crippen LogP contribution is 2.28. The molecule has 0 aromatic carbocycles. The summed E-state index contributed by atoms with van der Waals surface area (Å²) in [5, 5.41) is 2.50. The third kappa shape index (κ3) is 3.29. The van der Waals surface area contributed by atoms with Crippen molar-refractivity contribution in [3.8, 4) is 0 Å². The summed E-state index contributed by atoms with van der Waals surface area (Å²) in [6.45, 7) is 0. The Hall–Kier alpha value is -1.49. The Morgan fingerprint density at radius 3 is 2.37 bits per heavy atom. The number of imide groups is 1. The molecule has 0 radical (unpaired) electrons. The zero-order valence-corrected chi connectivity index (χ0v) is 11.1. The highest BCUT2D eigenvalue weighted by Gasteiger charge is 2.31. The standard InChI is InChI=1S/C13H14ClNO4/c14-8-2-1-3-9(16)13(8)10(17)4-7-5-11(18)15-12(19)6-7/h7H,1-6H2,(H,15,18,19). The maximum atomic E-state index is 12.1. The van der Waals surface area contributed by atoms with Crippen molar-refractivity contribution in [1.82, 2.24) is 5.32 Å². The number of rotatable bonds is 3. The molecule has 1 aliphatic heterocycles. The number of hydrogen-bond acceptors (Lipinski definition) is 4. The smallest absolute Gasteiger partial charge is 0.226 e.